The zero-order valence-corrected chi connectivity index (χ0v) is 15.4. The normalized spacial score (nSPS) is 14.7. The van der Waals surface area contributed by atoms with E-state index in [-0.39, 0.29) is 5.75 Å². The first kappa shape index (κ1) is 16.4. The number of aromatic nitrogens is 1. The van der Waals surface area contributed by atoms with E-state index in [4.69, 9.17) is 14.1 Å². The fourth-order valence-corrected chi connectivity index (χ4v) is 4.38. The Bertz CT molecular complexity index is 1060. The Morgan fingerprint density at radius 3 is 2.93 bits per heavy atom. The summed E-state index contributed by atoms with van der Waals surface area (Å²) in [5, 5.41) is 11.5. The van der Waals surface area contributed by atoms with Crippen LogP contribution in [0.4, 0.5) is 0 Å². The number of furan rings is 1. The van der Waals surface area contributed by atoms with Crippen molar-refractivity contribution in [1.29, 1.82) is 0 Å². The van der Waals surface area contributed by atoms with Gasteiger partial charge in [0.05, 0.1) is 23.0 Å². The van der Waals surface area contributed by atoms with Crippen molar-refractivity contribution < 1.29 is 14.3 Å². The zero-order chi connectivity index (χ0) is 18.2. The lowest BCUT2D eigenvalue weighted by Gasteiger charge is -2.18. The molecule has 0 saturated carbocycles. The van der Waals surface area contributed by atoms with Gasteiger partial charge in [0, 0.05) is 24.2 Å². The zero-order valence-electron chi connectivity index (χ0n) is 14.6. The number of hydrogen-bond acceptors (Lipinski definition) is 6. The summed E-state index contributed by atoms with van der Waals surface area (Å²) in [7, 11) is 0. The molecular weight excluding hydrogens is 360 g/mol. The van der Waals surface area contributed by atoms with E-state index >= 15 is 0 Å². The highest BCUT2D eigenvalue weighted by atomic mass is 32.1. The molecule has 0 radical (unpaired) electrons. The molecule has 0 amide bonds. The van der Waals surface area contributed by atoms with Gasteiger partial charge < -0.3 is 14.3 Å². The lowest BCUT2D eigenvalue weighted by Crippen LogP contribution is -2.25. The third-order valence-electron chi connectivity index (χ3n) is 4.69. The van der Waals surface area contributed by atoms with E-state index in [1.807, 2.05) is 30.3 Å². The molecule has 0 saturated heterocycles. The van der Waals surface area contributed by atoms with Crippen molar-refractivity contribution in [2.45, 2.75) is 13.1 Å². The average Bonchev–Trinajstić information content (AvgIpc) is 3.28. The van der Waals surface area contributed by atoms with Crippen LogP contribution in [-0.2, 0) is 13.1 Å². The topological polar surface area (TPSA) is 58.7 Å². The maximum absolute atomic E-state index is 10.6. The predicted molar refractivity (Wildman–Crippen MR) is 105 cm³/mol. The van der Waals surface area contributed by atoms with Crippen LogP contribution in [0.15, 0.2) is 59.2 Å². The molecule has 1 aliphatic rings. The molecule has 5 nitrogen and oxygen atoms in total. The maximum Gasteiger partial charge on any atom is 0.165 e. The summed E-state index contributed by atoms with van der Waals surface area (Å²) < 4.78 is 12.5. The largest absolute Gasteiger partial charge is 0.504 e. The molecule has 0 fully saturated rings. The molecule has 136 valence electrons. The van der Waals surface area contributed by atoms with Gasteiger partial charge in [-0.1, -0.05) is 12.1 Å². The average molecular weight is 378 g/mol. The van der Waals surface area contributed by atoms with E-state index < -0.39 is 0 Å². The van der Waals surface area contributed by atoms with Crippen molar-refractivity contribution in [2.24, 2.45) is 0 Å². The van der Waals surface area contributed by atoms with Gasteiger partial charge in [-0.05, 0) is 36.4 Å². The molecule has 0 spiro atoms. The number of phenols is 1. The van der Waals surface area contributed by atoms with Crippen LogP contribution in [-0.4, -0.2) is 28.1 Å². The minimum absolute atomic E-state index is 0.168. The Kier molecular flexibility index (Phi) is 4.07. The number of hydrogen-bond donors (Lipinski definition) is 1. The molecule has 3 heterocycles. The number of nitrogens with zero attached hydrogens (tertiary/aromatic N) is 2. The highest BCUT2D eigenvalue weighted by Gasteiger charge is 2.21. The standard InChI is InChI=1S/C21H18N2O3S/c24-18-11-14(21-22-17-5-1-2-6-19(17)27-21)10-15-12-23(7-9-26-20(15)18)13-16-4-3-8-25-16/h1-6,8,10-11,24H,7,9,12-13H2. The van der Waals surface area contributed by atoms with E-state index in [9.17, 15) is 5.11 Å². The molecule has 6 heteroatoms. The highest BCUT2D eigenvalue weighted by Crippen LogP contribution is 2.39. The Labute approximate surface area is 160 Å². The summed E-state index contributed by atoms with van der Waals surface area (Å²) in [6, 6.07) is 15.8. The predicted octanol–water partition coefficient (Wildman–Crippen LogP) is 4.66. The first-order chi connectivity index (χ1) is 13.3. The van der Waals surface area contributed by atoms with Crippen LogP contribution in [0, 0.1) is 0 Å². The smallest absolute Gasteiger partial charge is 0.165 e. The first-order valence-corrected chi connectivity index (χ1v) is 9.67. The van der Waals surface area contributed by atoms with Gasteiger partial charge in [0.15, 0.2) is 11.5 Å². The van der Waals surface area contributed by atoms with Gasteiger partial charge in [-0.3, -0.25) is 4.90 Å². The van der Waals surface area contributed by atoms with Crippen molar-refractivity contribution in [2.75, 3.05) is 13.2 Å². The lowest BCUT2D eigenvalue weighted by atomic mass is 10.1. The van der Waals surface area contributed by atoms with Gasteiger partial charge in [0.1, 0.15) is 17.4 Å². The van der Waals surface area contributed by atoms with Gasteiger partial charge in [-0.25, -0.2) is 4.98 Å². The Morgan fingerprint density at radius 1 is 1.15 bits per heavy atom. The first-order valence-electron chi connectivity index (χ1n) is 8.85. The van der Waals surface area contributed by atoms with Gasteiger partial charge >= 0.3 is 0 Å². The number of rotatable bonds is 3. The van der Waals surface area contributed by atoms with E-state index in [2.05, 4.69) is 17.0 Å². The summed E-state index contributed by atoms with van der Waals surface area (Å²) in [5.41, 5.74) is 2.85. The second-order valence-electron chi connectivity index (χ2n) is 6.61. The van der Waals surface area contributed by atoms with Gasteiger partial charge in [-0.2, -0.15) is 0 Å². The van der Waals surface area contributed by atoms with Crippen LogP contribution in [0.3, 0.4) is 0 Å². The lowest BCUT2D eigenvalue weighted by molar-refractivity contribution is 0.205. The Morgan fingerprint density at radius 2 is 2.07 bits per heavy atom. The highest BCUT2D eigenvalue weighted by molar-refractivity contribution is 7.21. The minimum Gasteiger partial charge on any atom is -0.504 e. The summed E-state index contributed by atoms with van der Waals surface area (Å²) in [5.74, 6) is 1.66. The molecule has 0 bridgehead atoms. The minimum atomic E-state index is 0.168. The van der Waals surface area contributed by atoms with Crippen LogP contribution < -0.4 is 4.74 Å². The number of benzene rings is 2. The molecule has 0 atom stereocenters. The molecule has 27 heavy (non-hydrogen) atoms. The van der Waals surface area contributed by atoms with Crippen LogP contribution in [0.2, 0.25) is 0 Å². The van der Waals surface area contributed by atoms with Gasteiger partial charge in [0.2, 0.25) is 0 Å². The van der Waals surface area contributed by atoms with Crippen molar-refractivity contribution >= 4 is 21.6 Å². The molecule has 4 aromatic rings. The quantitative estimate of drug-likeness (QED) is 0.562. The number of thiazole rings is 1. The molecule has 1 aliphatic heterocycles. The molecule has 2 aromatic carbocycles. The van der Waals surface area contributed by atoms with E-state index in [1.165, 1.54) is 0 Å². The van der Waals surface area contributed by atoms with Crippen molar-refractivity contribution in [3.63, 3.8) is 0 Å². The molecular formula is C21H18N2O3S. The monoisotopic (exact) mass is 378 g/mol. The van der Waals surface area contributed by atoms with Crippen LogP contribution in [0.5, 0.6) is 11.5 Å². The summed E-state index contributed by atoms with van der Waals surface area (Å²) in [6.07, 6.45) is 1.69. The maximum atomic E-state index is 10.6. The number of aromatic hydroxyl groups is 1. The third kappa shape index (κ3) is 3.18. The van der Waals surface area contributed by atoms with Crippen LogP contribution in [0.1, 0.15) is 11.3 Å². The third-order valence-corrected chi connectivity index (χ3v) is 5.78. The molecule has 1 N–H and O–H groups in total. The van der Waals surface area contributed by atoms with Gasteiger partial charge in [-0.15, -0.1) is 11.3 Å². The van der Waals surface area contributed by atoms with Gasteiger partial charge in [0.25, 0.3) is 0 Å². The van der Waals surface area contributed by atoms with Crippen molar-refractivity contribution in [3.8, 4) is 22.1 Å². The SMILES string of the molecule is Oc1cc(-c2nc3ccccc3s2)cc2c1OCCN(Cc1ccco1)C2. The number of para-hydroxylation sites is 1. The fraction of sp³-hybridized carbons (Fsp3) is 0.190. The van der Waals surface area contributed by atoms with Crippen LogP contribution in [0.25, 0.3) is 20.8 Å². The Balaban J connectivity index is 1.51. The summed E-state index contributed by atoms with van der Waals surface area (Å²) in [4.78, 5) is 6.97. The van der Waals surface area contributed by atoms with Crippen molar-refractivity contribution in [3.05, 3.63) is 66.1 Å². The number of phenolic OH excluding ortho intramolecular Hbond substituents is 1. The second kappa shape index (κ2) is 6.72. The number of ether oxygens (including phenoxy) is 1. The molecule has 0 aliphatic carbocycles. The molecule has 2 aromatic heterocycles. The van der Waals surface area contributed by atoms with Crippen molar-refractivity contribution in [1.82, 2.24) is 9.88 Å². The summed E-state index contributed by atoms with van der Waals surface area (Å²) >= 11 is 1.63. The molecule has 0 unspecified atom stereocenters. The van der Waals surface area contributed by atoms with E-state index in [1.54, 1.807) is 23.7 Å². The Hall–Kier alpha value is -2.83. The summed E-state index contributed by atoms with van der Waals surface area (Å²) in [6.45, 7) is 2.69. The fourth-order valence-electron chi connectivity index (χ4n) is 3.43. The number of fused-ring (bicyclic) bond motifs is 2. The van der Waals surface area contributed by atoms with E-state index in [0.717, 1.165) is 38.7 Å². The van der Waals surface area contributed by atoms with E-state index in [0.29, 0.717) is 25.4 Å². The second-order valence-corrected chi connectivity index (χ2v) is 7.64. The molecule has 5 rings (SSSR count). The van der Waals surface area contributed by atoms with Crippen LogP contribution >= 0.6 is 11.3 Å².